The summed E-state index contributed by atoms with van der Waals surface area (Å²) in [5, 5.41) is 11.1. The maximum Gasteiger partial charge on any atom is 0.328 e. The number of rotatable bonds is 7. The Morgan fingerprint density at radius 1 is 1.43 bits per heavy atom. The monoisotopic (exact) mass is 357 g/mol. The number of carboxylic acids is 1. The Labute approximate surface area is 130 Å². The van der Waals surface area contributed by atoms with E-state index in [4.69, 9.17) is 14.6 Å². The highest BCUT2D eigenvalue weighted by molar-refractivity contribution is 9.10. The van der Waals surface area contributed by atoms with Gasteiger partial charge in [-0.2, -0.15) is 0 Å². The molecule has 0 heterocycles. The van der Waals surface area contributed by atoms with Gasteiger partial charge in [0.15, 0.2) is 11.5 Å². The van der Waals surface area contributed by atoms with E-state index in [2.05, 4.69) is 21.2 Å². The summed E-state index contributed by atoms with van der Waals surface area (Å²) in [5.41, 5.74) is 0.653. The van der Waals surface area contributed by atoms with E-state index in [0.717, 1.165) is 6.08 Å². The van der Waals surface area contributed by atoms with Crippen molar-refractivity contribution in [3.05, 3.63) is 28.2 Å². The fourth-order valence-corrected chi connectivity index (χ4v) is 2.09. The molecule has 0 atom stereocenters. The second-order valence-electron chi connectivity index (χ2n) is 3.98. The van der Waals surface area contributed by atoms with Crippen LogP contribution in [0.4, 0.5) is 0 Å². The lowest BCUT2D eigenvalue weighted by molar-refractivity contribution is -0.131. The lowest BCUT2D eigenvalue weighted by atomic mass is 10.2. The number of hydrogen-bond donors (Lipinski definition) is 2. The van der Waals surface area contributed by atoms with Crippen molar-refractivity contribution < 1.29 is 24.2 Å². The largest absolute Gasteiger partial charge is 0.493 e. The molecule has 1 aromatic carbocycles. The first-order chi connectivity index (χ1) is 9.97. The van der Waals surface area contributed by atoms with Gasteiger partial charge in [0.25, 0.3) is 0 Å². The third kappa shape index (κ3) is 5.47. The van der Waals surface area contributed by atoms with Crippen molar-refractivity contribution >= 4 is 33.9 Å². The van der Waals surface area contributed by atoms with Gasteiger partial charge in [0.05, 0.1) is 24.6 Å². The number of ether oxygens (including phenoxy) is 2. The fraction of sp³-hybridized carbons (Fsp3) is 0.286. The minimum atomic E-state index is -1.03. The number of hydrogen-bond acceptors (Lipinski definition) is 4. The smallest absolute Gasteiger partial charge is 0.328 e. The molecule has 2 N–H and O–H groups in total. The summed E-state index contributed by atoms with van der Waals surface area (Å²) in [7, 11) is 3.04. The molecule has 0 bridgehead atoms. The van der Waals surface area contributed by atoms with E-state index in [1.807, 2.05) is 0 Å². The molecule has 0 saturated carbocycles. The number of carbonyl (C=O) groups is 2. The molecule has 1 amide bonds. The van der Waals surface area contributed by atoms with Gasteiger partial charge in [-0.05, 0) is 39.7 Å². The highest BCUT2D eigenvalue weighted by Gasteiger charge is 2.11. The van der Waals surface area contributed by atoms with Gasteiger partial charge in [-0.1, -0.05) is 0 Å². The van der Waals surface area contributed by atoms with Gasteiger partial charge in [-0.25, -0.2) is 4.79 Å². The molecular formula is C14H16BrNO5. The van der Waals surface area contributed by atoms with E-state index >= 15 is 0 Å². The number of halogens is 1. The van der Waals surface area contributed by atoms with Crippen LogP contribution < -0.4 is 14.8 Å². The Morgan fingerprint density at radius 3 is 2.71 bits per heavy atom. The van der Waals surface area contributed by atoms with Gasteiger partial charge in [0.2, 0.25) is 5.91 Å². The number of methoxy groups -OCH3 is 1. The lowest BCUT2D eigenvalue weighted by Crippen LogP contribution is -2.20. The molecule has 114 valence electrons. The molecule has 0 aliphatic rings. The maximum atomic E-state index is 11.1. The molecule has 0 saturated heterocycles. The van der Waals surface area contributed by atoms with E-state index in [1.165, 1.54) is 13.2 Å². The molecule has 1 rings (SSSR count). The van der Waals surface area contributed by atoms with E-state index in [-0.39, 0.29) is 18.9 Å². The van der Waals surface area contributed by atoms with Crippen molar-refractivity contribution in [3.63, 3.8) is 0 Å². The van der Waals surface area contributed by atoms with Crippen molar-refractivity contribution in [3.8, 4) is 11.5 Å². The van der Waals surface area contributed by atoms with Gasteiger partial charge < -0.3 is 19.9 Å². The Morgan fingerprint density at radius 2 is 2.14 bits per heavy atom. The van der Waals surface area contributed by atoms with Gasteiger partial charge in [0, 0.05) is 13.1 Å². The maximum absolute atomic E-state index is 11.1. The molecule has 0 spiro atoms. The van der Waals surface area contributed by atoms with Crippen molar-refractivity contribution in [2.45, 2.75) is 6.42 Å². The number of carbonyl (C=O) groups excluding carboxylic acids is 1. The second-order valence-corrected chi connectivity index (χ2v) is 4.83. The zero-order valence-corrected chi connectivity index (χ0v) is 13.3. The van der Waals surface area contributed by atoms with Crippen LogP contribution in [0.1, 0.15) is 12.0 Å². The van der Waals surface area contributed by atoms with E-state index in [1.54, 1.807) is 19.2 Å². The van der Waals surface area contributed by atoms with Crippen LogP contribution in [-0.2, 0) is 9.59 Å². The van der Waals surface area contributed by atoms with Crippen LogP contribution in [0.5, 0.6) is 11.5 Å². The summed E-state index contributed by atoms with van der Waals surface area (Å²) in [5.74, 6) is -0.234. The van der Waals surface area contributed by atoms with E-state index in [0.29, 0.717) is 21.5 Å². The third-order valence-corrected chi connectivity index (χ3v) is 3.11. The molecular weight excluding hydrogens is 342 g/mol. The molecule has 0 aliphatic carbocycles. The van der Waals surface area contributed by atoms with Gasteiger partial charge in [0.1, 0.15) is 0 Å². The summed E-state index contributed by atoms with van der Waals surface area (Å²) in [6.45, 7) is 0.207. The summed E-state index contributed by atoms with van der Waals surface area (Å²) in [6, 6.07) is 3.36. The van der Waals surface area contributed by atoms with Crippen molar-refractivity contribution in [2.75, 3.05) is 20.8 Å². The van der Waals surface area contributed by atoms with E-state index < -0.39 is 5.97 Å². The highest BCUT2D eigenvalue weighted by Crippen LogP contribution is 2.37. The summed E-state index contributed by atoms with van der Waals surface area (Å²) in [6.07, 6.45) is 2.71. The molecule has 7 heteroatoms. The molecule has 6 nitrogen and oxygen atoms in total. The summed E-state index contributed by atoms with van der Waals surface area (Å²) < 4.78 is 11.4. The highest BCUT2D eigenvalue weighted by atomic mass is 79.9. The Bertz CT molecular complexity index is 557. The van der Waals surface area contributed by atoms with Crippen LogP contribution in [0.25, 0.3) is 6.08 Å². The molecule has 21 heavy (non-hydrogen) atoms. The lowest BCUT2D eigenvalue weighted by Gasteiger charge is -2.13. The van der Waals surface area contributed by atoms with Crippen LogP contribution in [0.2, 0.25) is 0 Å². The number of amides is 1. The Balaban J connectivity index is 2.89. The van der Waals surface area contributed by atoms with Crippen LogP contribution in [-0.4, -0.2) is 37.7 Å². The average molecular weight is 358 g/mol. The summed E-state index contributed by atoms with van der Waals surface area (Å²) >= 11 is 3.34. The first-order valence-corrected chi connectivity index (χ1v) is 6.89. The van der Waals surface area contributed by atoms with Crippen LogP contribution >= 0.6 is 15.9 Å². The average Bonchev–Trinajstić information content (AvgIpc) is 2.46. The standard InChI is InChI=1S/C14H16BrNO5/c1-16-12(17)5-6-21-14-10(15)7-9(3-4-13(18)19)8-11(14)20-2/h3-4,7-8H,5-6H2,1-2H3,(H,16,17)(H,18,19). The topological polar surface area (TPSA) is 84.9 Å². The molecule has 1 aromatic rings. The molecule has 0 unspecified atom stereocenters. The fourth-order valence-electron chi connectivity index (χ4n) is 1.51. The second kappa shape index (κ2) is 8.31. The van der Waals surface area contributed by atoms with Crippen molar-refractivity contribution in [2.24, 2.45) is 0 Å². The number of nitrogens with one attached hydrogen (secondary N) is 1. The molecule has 0 fully saturated rings. The van der Waals surface area contributed by atoms with Crippen LogP contribution in [0.15, 0.2) is 22.7 Å². The van der Waals surface area contributed by atoms with Crippen LogP contribution in [0, 0.1) is 0 Å². The normalized spacial score (nSPS) is 10.4. The third-order valence-electron chi connectivity index (χ3n) is 2.52. The summed E-state index contributed by atoms with van der Waals surface area (Å²) in [4.78, 5) is 21.7. The number of aliphatic carboxylic acids is 1. The van der Waals surface area contributed by atoms with E-state index in [9.17, 15) is 9.59 Å². The first-order valence-electron chi connectivity index (χ1n) is 6.09. The van der Waals surface area contributed by atoms with Crippen molar-refractivity contribution in [1.29, 1.82) is 0 Å². The zero-order chi connectivity index (χ0) is 15.8. The Hall–Kier alpha value is -2.02. The molecule has 0 aromatic heterocycles. The van der Waals surface area contributed by atoms with Gasteiger partial charge in [-0.3, -0.25) is 4.79 Å². The van der Waals surface area contributed by atoms with Gasteiger partial charge >= 0.3 is 5.97 Å². The van der Waals surface area contributed by atoms with Crippen LogP contribution in [0.3, 0.4) is 0 Å². The Kier molecular flexibility index (Phi) is 6.74. The SMILES string of the molecule is CNC(=O)CCOc1c(Br)cc(C=CC(=O)O)cc1OC. The van der Waals surface area contributed by atoms with Gasteiger partial charge in [-0.15, -0.1) is 0 Å². The quantitative estimate of drug-likeness (QED) is 0.729. The molecule has 0 aliphatic heterocycles. The predicted octanol–water partition coefficient (Wildman–Crippen LogP) is 2.07. The first kappa shape index (κ1) is 17.0. The minimum Gasteiger partial charge on any atom is -0.493 e. The molecule has 0 radical (unpaired) electrons. The predicted molar refractivity (Wildman–Crippen MR) is 81.5 cm³/mol. The number of carboxylic acid groups (broad SMARTS) is 1. The minimum absolute atomic E-state index is 0.119. The number of benzene rings is 1. The van der Waals surface area contributed by atoms with Crippen molar-refractivity contribution in [1.82, 2.24) is 5.32 Å². The zero-order valence-electron chi connectivity index (χ0n) is 11.7.